The van der Waals surface area contributed by atoms with Crippen LogP contribution < -0.4 is 11.2 Å². The zero-order valence-corrected chi connectivity index (χ0v) is 14.0. The van der Waals surface area contributed by atoms with Crippen LogP contribution in [0.1, 0.15) is 13.2 Å². The van der Waals surface area contributed by atoms with Crippen LogP contribution in [0.2, 0.25) is 0 Å². The molecule has 2 rings (SSSR count). The summed E-state index contributed by atoms with van der Waals surface area (Å²) in [6.07, 6.45) is -2.13. The molecule has 2 N–H and O–H groups in total. The summed E-state index contributed by atoms with van der Waals surface area (Å²) in [5.41, 5.74) is -1.19. The van der Waals surface area contributed by atoms with E-state index in [1.165, 1.54) is 20.2 Å². The molecule has 0 unspecified atom stereocenters. The minimum absolute atomic E-state index is 0.284. The summed E-state index contributed by atoms with van der Waals surface area (Å²) in [6.45, 7) is 0.813. The molecule has 9 nitrogen and oxygen atoms in total. The van der Waals surface area contributed by atoms with Gasteiger partial charge in [0.2, 0.25) is 0 Å². The molecular weight excluding hydrogens is 411 g/mol. The van der Waals surface area contributed by atoms with Crippen molar-refractivity contribution >= 4 is 28.6 Å². The maximum atomic E-state index is 12.0. The Morgan fingerprint density at radius 3 is 2.73 bits per heavy atom. The zero-order valence-electron chi connectivity index (χ0n) is 11.8. The van der Waals surface area contributed by atoms with Gasteiger partial charge in [0.25, 0.3) is 5.56 Å². The lowest BCUT2D eigenvalue weighted by molar-refractivity contribution is -0.154. The highest BCUT2D eigenvalue weighted by Gasteiger charge is 2.48. The largest absolute Gasteiger partial charge is 0.457 e. The van der Waals surface area contributed by atoms with Gasteiger partial charge in [-0.15, -0.1) is 0 Å². The Hall–Kier alpha value is -1.24. The van der Waals surface area contributed by atoms with Crippen LogP contribution in [-0.4, -0.2) is 52.7 Å². The lowest BCUT2D eigenvalue weighted by Crippen LogP contribution is -2.41. The molecule has 0 saturated carbocycles. The molecule has 1 aliphatic rings. The number of nitrogens with one attached hydrogen (secondary N) is 1. The van der Waals surface area contributed by atoms with Crippen LogP contribution in [0, 0.1) is 3.57 Å². The molecule has 1 fully saturated rings. The van der Waals surface area contributed by atoms with Crippen molar-refractivity contribution in [1.29, 1.82) is 0 Å². The fourth-order valence-electron chi connectivity index (χ4n) is 2.31. The summed E-state index contributed by atoms with van der Waals surface area (Å²) in [6, 6.07) is 0. The number of aromatic nitrogens is 2. The fourth-order valence-corrected chi connectivity index (χ4v) is 2.75. The number of nitrogens with zero attached hydrogens (tertiary/aromatic N) is 1. The number of esters is 1. The molecule has 0 spiro atoms. The van der Waals surface area contributed by atoms with Crippen molar-refractivity contribution in [2.24, 2.45) is 0 Å². The number of hydrogen-bond donors (Lipinski definition) is 2. The van der Waals surface area contributed by atoms with E-state index in [9.17, 15) is 19.5 Å². The maximum absolute atomic E-state index is 12.0. The Morgan fingerprint density at radius 1 is 1.50 bits per heavy atom. The number of hydrogen-bond acceptors (Lipinski definition) is 7. The van der Waals surface area contributed by atoms with Crippen molar-refractivity contribution in [3.63, 3.8) is 0 Å². The minimum atomic E-state index is -0.940. The van der Waals surface area contributed by atoms with Crippen molar-refractivity contribution in [3.05, 3.63) is 30.6 Å². The lowest BCUT2D eigenvalue weighted by Gasteiger charge is -2.22. The van der Waals surface area contributed by atoms with Gasteiger partial charge in [0.1, 0.15) is 12.2 Å². The average molecular weight is 426 g/mol. The van der Waals surface area contributed by atoms with Crippen LogP contribution in [0.5, 0.6) is 0 Å². The van der Waals surface area contributed by atoms with Crippen LogP contribution in [-0.2, 0) is 19.0 Å². The standard InChI is InChI=1S/C12H15IN2O7/c1-5(17)21-8-7(4-16)22-11(9(8)20-2)15-3-6(13)10(18)14-12(15)19/h3,7-9,11,16H,4H2,1-2H3,(H,14,18,19)/t7-,8-,9-,11-/m1/s1. The first-order valence-corrected chi connectivity index (χ1v) is 7.44. The molecule has 1 saturated heterocycles. The van der Waals surface area contributed by atoms with Gasteiger partial charge in [-0.05, 0) is 22.6 Å². The van der Waals surface area contributed by atoms with Crippen molar-refractivity contribution in [2.75, 3.05) is 13.7 Å². The molecule has 10 heteroatoms. The van der Waals surface area contributed by atoms with E-state index in [2.05, 4.69) is 4.98 Å². The third kappa shape index (κ3) is 3.24. The quantitative estimate of drug-likeness (QED) is 0.467. The molecule has 1 aromatic heterocycles. The Balaban J connectivity index is 2.43. The van der Waals surface area contributed by atoms with Crippen LogP contribution in [0.15, 0.2) is 15.8 Å². The number of aromatic amines is 1. The number of aliphatic hydroxyl groups excluding tert-OH is 1. The molecule has 1 aromatic rings. The van der Waals surface area contributed by atoms with Gasteiger partial charge in [-0.25, -0.2) is 4.79 Å². The van der Waals surface area contributed by atoms with Gasteiger partial charge in [-0.1, -0.05) is 0 Å². The molecule has 2 heterocycles. The normalized spacial score (nSPS) is 27.8. The van der Waals surface area contributed by atoms with Gasteiger partial charge in [0.05, 0.1) is 10.2 Å². The SMILES string of the molecule is CO[C@@H]1[C@H](OC(C)=O)[C@@H](CO)O[C@H]1n1cc(I)c(=O)[nH]c1=O. The summed E-state index contributed by atoms with van der Waals surface area (Å²) in [5, 5.41) is 9.38. The second kappa shape index (κ2) is 6.89. The molecule has 122 valence electrons. The number of H-pyrrole nitrogens is 1. The first-order valence-electron chi connectivity index (χ1n) is 6.36. The number of halogens is 1. The topological polar surface area (TPSA) is 120 Å². The molecule has 22 heavy (non-hydrogen) atoms. The van der Waals surface area contributed by atoms with Crippen LogP contribution >= 0.6 is 22.6 Å². The van der Waals surface area contributed by atoms with Gasteiger partial charge >= 0.3 is 11.7 Å². The summed E-state index contributed by atoms with van der Waals surface area (Å²) in [5.74, 6) is -0.557. The summed E-state index contributed by atoms with van der Waals surface area (Å²) >= 11 is 1.78. The van der Waals surface area contributed by atoms with Crippen LogP contribution in [0.25, 0.3) is 0 Å². The van der Waals surface area contributed by atoms with Crippen LogP contribution in [0.4, 0.5) is 0 Å². The number of aliphatic hydroxyl groups is 1. The van der Waals surface area contributed by atoms with Crippen molar-refractivity contribution in [2.45, 2.75) is 31.5 Å². The predicted octanol–water partition coefficient (Wildman–Crippen LogP) is -1.02. The van der Waals surface area contributed by atoms with Gasteiger partial charge in [0, 0.05) is 20.2 Å². The van der Waals surface area contributed by atoms with Gasteiger partial charge < -0.3 is 19.3 Å². The van der Waals surface area contributed by atoms with Gasteiger partial charge in [-0.2, -0.15) is 0 Å². The smallest absolute Gasteiger partial charge is 0.330 e. The van der Waals surface area contributed by atoms with Crippen molar-refractivity contribution in [1.82, 2.24) is 9.55 Å². The van der Waals surface area contributed by atoms with E-state index < -0.39 is 48.4 Å². The Kier molecular flexibility index (Phi) is 5.36. The maximum Gasteiger partial charge on any atom is 0.330 e. The highest BCUT2D eigenvalue weighted by atomic mass is 127. The predicted molar refractivity (Wildman–Crippen MR) is 81.4 cm³/mol. The van der Waals surface area contributed by atoms with Crippen molar-refractivity contribution in [3.8, 4) is 0 Å². The van der Waals surface area contributed by atoms with E-state index in [1.807, 2.05) is 0 Å². The third-order valence-electron chi connectivity index (χ3n) is 3.24. The van der Waals surface area contributed by atoms with Gasteiger partial charge in [-0.3, -0.25) is 19.1 Å². The third-order valence-corrected chi connectivity index (χ3v) is 4.01. The Bertz CT molecular complexity index is 670. The fraction of sp³-hybridized carbons (Fsp3) is 0.583. The summed E-state index contributed by atoms with van der Waals surface area (Å²) in [4.78, 5) is 36.7. The molecule has 1 aliphatic heterocycles. The highest BCUT2D eigenvalue weighted by molar-refractivity contribution is 14.1. The molecule has 0 radical (unpaired) electrons. The number of carbonyl (C=O) groups excluding carboxylic acids is 1. The number of methoxy groups -OCH3 is 1. The van der Waals surface area contributed by atoms with E-state index in [1.54, 1.807) is 22.6 Å². The highest BCUT2D eigenvalue weighted by Crippen LogP contribution is 2.32. The van der Waals surface area contributed by atoms with Gasteiger partial charge in [0.15, 0.2) is 12.3 Å². The van der Waals surface area contributed by atoms with E-state index in [-0.39, 0.29) is 3.57 Å². The monoisotopic (exact) mass is 426 g/mol. The van der Waals surface area contributed by atoms with Crippen LogP contribution in [0.3, 0.4) is 0 Å². The zero-order chi connectivity index (χ0) is 16.4. The minimum Gasteiger partial charge on any atom is -0.457 e. The van der Waals surface area contributed by atoms with Crippen molar-refractivity contribution < 1.29 is 24.1 Å². The van der Waals surface area contributed by atoms with E-state index in [4.69, 9.17) is 14.2 Å². The molecule has 0 aromatic carbocycles. The van der Waals surface area contributed by atoms with E-state index >= 15 is 0 Å². The second-order valence-electron chi connectivity index (χ2n) is 4.67. The first kappa shape index (κ1) is 17.1. The number of ether oxygens (including phenoxy) is 3. The molecule has 4 atom stereocenters. The first-order chi connectivity index (χ1) is 10.4. The van der Waals surface area contributed by atoms with E-state index in [0.717, 1.165) is 4.57 Å². The summed E-state index contributed by atoms with van der Waals surface area (Å²) in [7, 11) is 1.37. The lowest BCUT2D eigenvalue weighted by atomic mass is 10.1. The number of rotatable bonds is 4. The average Bonchev–Trinajstić information content (AvgIpc) is 2.79. The molecule has 0 bridgehead atoms. The number of carbonyl (C=O) groups is 1. The second-order valence-corrected chi connectivity index (χ2v) is 5.83. The molecule has 0 amide bonds. The molecular formula is C12H15IN2O7. The Morgan fingerprint density at radius 2 is 2.18 bits per heavy atom. The van der Waals surface area contributed by atoms with E-state index in [0.29, 0.717) is 0 Å². The Labute approximate surface area is 138 Å². The summed E-state index contributed by atoms with van der Waals surface area (Å²) < 4.78 is 17.4. The molecule has 0 aliphatic carbocycles.